The van der Waals surface area contributed by atoms with E-state index in [1.54, 1.807) is 24.1 Å². The maximum atomic E-state index is 12.6. The van der Waals surface area contributed by atoms with E-state index in [2.05, 4.69) is 15.2 Å². The number of carbonyl (C=O) groups is 2. The Kier molecular flexibility index (Phi) is 4.79. The zero-order valence-electron chi connectivity index (χ0n) is 15.6. The third-order valence-corrected chi connectivity index (χ3v) is 5.30. The zero-order chi connectivity index (χ0) is 18.8. The summed E-state index contributed by atoms with van der Waals surface area (Å²) >= 11 is 0. The molecule has 1 fully saturated rings. The lowest BCUT2D eigenvalue weighted by Crippen LogP contribution is -2.30. The number of benzene rings is 1. The first kappa shape index (κ1) is 17.5. The lowest BCUT2D eigenvalue weighted by molar-refractivity contribution is -0.116. The Morgan fingerprint density at radius 1 is 1.04 bits per heavy atom. The quantitative estimate of drug-likeness (QED) is 0.908. The largest absolute Gasteiger partial charge is 0.357 e. The van der Waals surface area contributed by atoms with Gasteiger partial charge in [-0.05, 0) is 61.6 Å². The topological polar surface area (TPSA) is 65.5 Å². The number of anilines is 3. The summed E-state index contributed by atoms with van der Waals surface area (Å²) < 4.78 is 0. The van der Waals surface area contributed by atoms with Gasteiger partial charge in [-0.25, -0.2) is 4.98 Å². The molecule has 2 aromatic rings. The highest BCUT2D eigenvalue weighted by molar-refractivity contribution is 6.05. The van der Waals surface area contributed by atoms with Crippen molar-refractivity contribution in [3.8, 4) is 0 Å². The number of pyridine rings is 1. The number of fused-ring (bicyclic) bond motifs is 1. The van der Waals surface area contributed by atoms with E-state index in [1.165, 1.54) is 19.3 Å². The van der Waals surface area contributed by atoms with Gasteiger partial charge in [-0.1, -0.05) is 0 Å². The Labute approximate surface area is 159 Å². The van der Waals surface area contributed by atoms with Crippen molar-refractivity contribution in [2.24, 2.45) is 0 Å². The van der Waals surface area contributed by atoms with Crippen LogP contribution < -0.4 is 15.1 Å². The van der Waals surface area contributed by atoms with Gasteiger partial charge in [0.25, 0.3) is 5.91 Å². The molecule has 2 amide bonds. The molecule has 0 unspecified atom stereocenters. The summed E-state index contributed by atoms with van der Waals surface area (Å²) in [6.45, 7) is 4.34. The normalized spacial score (nSPS) is 16.2. The zero-order valence-corrected chi connectivity index (χ0v) is 15.6. The average molecular weight is 364 g/mol. The van der Waals surface area contributed by atoms with Gasteiger partial charge in [0.15, 0.2) is 0 Å². The van der Waals surface area contributed by atoms with E-state index >= 15 is 0 Å². The van der Waals surface area contributed by atoms with Crippen molar-refractivity contribution in [3.05, 3.63) is 47.7 Å². The lowest BCUT2D eigenvalue weighted by Gasteiger charge is -2.27. The first-order valence-corrected chi connectivity index (χ1v) is 9.55. The molecular formula is C21H24N4O2. The molecule has 1 aromatic carbocycles. The second-order valence-electron chi connectivity index (χ2n) is 7.17. The van der Waals surface area contributed by atoms with E-state index in [0.29, 0.717) is 17.8 Å². The molecule has 1 saturated heterocycles. The van der Waals surface area contributed by atoms with Gasteiger partial charge in [0.1, 0.15) is 5.82 Å². The van der Waals surface area contributed by atoms with Gasteiger partial charge >= 0.3 is 0 Å². The summed E-state index contributed by atoms with van der Waals surface area (Å²) in [5.74, 6) is 0.840. The Bertz CT molecular complexity index is 857. The molecule has 0 aliphatic carbocycles. The van der Waals surface area contributed by atoms with E-state index in [4.69, 9.17) is 0 Å². The van der Waals surface area contributed by atoms with E-state index in [1.807, 2.05) is 24.3 Å². The first-order valence-electron chi connectivity index (χ1n) is 9.55. The van der Waals surface area contributed by atoms with Gasteiger partial charge in [0.2, 0.25) is 5.91 Å². The second-order valence-corrected chi connectivity index (χ2v) is 7.17. The molecule has 0 radical (unpaired) electrons. The van der Waals surface area contributed by atoms with Crippen LogP contribution in [0.1, 0.15) is 42.1 Å². The Hall–Kier alpha value is -2.89. The molecule has 6 nitrogen and oxygen atoms in total. The van der Waals surface area contributed by atoms with Gasteiger partial charge in [0.05, 0.1) is 11.9 Å². The maximum absolute atomic E-state index is 12.6. The standard InChI is InChI=1S/C21H24N4O2/c1-15(26)25-12-9-16-13-17(5-7-19(16)25)21(27)23-18-6-8-20(22-14-18)24-10-3-2-4-11-24/h5-8,13-14H,2-4,9-12H2,1H3,(H,23,27). The monoisotopic (exact) mass is 364 g/mol. The van der Waals surface area contributed by atoms with E-state index in [-0.39, 0.29) is 11.8 Å². The van der Waals surface area contributed by atoms with Crippen molar-refractivity contribution in [1.82, 2.24) is 4.98 Å². The number of aromatic nitrogens is 1. The van der Waals surface area contributed by atoms with Crippen LogP contribution in [0.4, 0.5) is 17.2 Å². The van der Waals surface area contributed by atoms with Crippen LogP contribution >= 0.6 is 0 Å². The SMILES string of the molecule is CC(=O)N1CCc2cc(C(=O)Nc3ccc(N4CCCCC4)nc3)ccc21. The minimum absolute atomic E-state index is 0.0332. The number of rotatable bonds is 3. The minimum atomic E-state index is -0.161. The number of piperidine rings is 1. The van der Waals surface area contributed by atoms with Crippen LogP contribution in [0, 0.1) is 0 Å². The number of hydrogen-bond acceptors (Lipinski definition) is 4. The second kappa shape index (κ2) is 7.39. The van der Waals surface area contributed by atoms with Crippen molar-refractivity contribution in [2.45, 2.75) is 32.6 Å². The van der Waals surface area contributed by atoms with Gasteiger partial charge in [-0.2, -0.15) is 0 Å². The van der Waals surface area contributed by atoms with Crippen LogP contribution in [-0.2, 0) is 11.2 Å². The number of nitrogens with one attached hydrogen (secondary N) is 1. The minimum Gasteiger partial charge on any atom is -0.357 e. The average Bonchev–Trinajstić information content (AvgIpc) is 3.13. The fourth-order valence-electron chi connectivity index (χ4n) is 3.84. The molecule has 0 spiro atoms. The van der Waals surface area contributed by atoms with Crippen molar-refractivity contribution in [1.29, 1.82) is 0 Å². The molecule has 2 aliphatic heterocycles. The van der Waals surface area contributed by atoms with E-state index in [9.17, 15) is 9.59 Å². The molecule has 27 heavy (non-hydrogen) atoms. The van der Waals surface area contributed by atoms with Gasteiger partial charge in [-0.15, -0.1) is 0 Å². The summed E-state index contributed by atoms with van der Waals surface area (Å²) in [7, 11) is 0. The molecule has 6 heteroatoms. The van der Waals surface area contributed by atoms with E-state index < -0.39 is 0 Å². The molecule has 3 heterocycles. The predicted molar refractivity (Wildman–Crippen MR) is 106 cm³/mol. The lowest BCUT2D eigenvalue weighted by atomic mass is 10.1. The van der Waals surface area contributed by atoms with Crippen molar-refractivity contribution < 1.29 is 9.59 Å². The molecule has 0 atom stereocenters. The highest BCUT2D eigenvalue weighted by Gasteiger charge is 2.23. The van der Waals surface area contributed by atoms with Crippen LogP contribution in [0.15, 0.2) is 36.5 Å². The summed E-state index contributed by atoms with van der Waals surface area (Å²) in [4.78, 5) is 32.8. The fourth-order valence-corrected chi connectivity index (χ4v) is 3.84. The first-order chi connectivity index (χ1) is 13.1. The van der Waals surface area contributed by atoms with Crippen LogP contribution in [0.2, 0.25) is 0 Å². The fraction of sp³-hybridized carbons (Fsp3) is 0.381. The van der Waals surface area contributed by atoms with Crippen LogP contribution in [0.3, 0.4) is 0 Å². The molecule has 140 valence electrons. The molecule has 2 aliphatic rings. The molecule has 0 bridgehead atoms. The molecular weight excluding hydrogens is 340 g/mol. The maximum Gasteiger partial charge on any atom is 0.255 e. The predicted octanol–water partition coefficient (Wildman–Crippen LogP) is 3.23. The smallest absolute Gasteiger partial charge is 0.255 e. The highest BCUT2D eigenvalue weighted by Crippen LogP contribution is 2.29. The van der Waals surface area contributed by atoms with Crippen molar-refractivity contribution in [2.75, 3.05) is 34.8 Å². The highest BCUT2D eigenvalue weighted by atomic mass is 16.2. The van der Waals surface area contributed by atoms with Crippen molar-refractivity contribution in [3.63, 3.8) is 0 Å². The Balaban J connectivity index is 1.44. The molecule has 0 saturated carbocycles. The number of amides is 2. The summed E-state index contributed by atoms with van der Waals surface area (Å²) in [6, 6.07) is 9.37. The molecule has 1 N–H and O–H groups in total. The van der Waals surface area contributed by atoms with Crippen LogP contribution in [0.5, 0.6) is 0 Å². The van der Waals surface area contributed by atoms with E-state index in [0.717, 1.165) is 36.6 Å². The Morgan fingerprint density at radius 2 is 1.85 bits per heavy atom. The van der Waals surface area contributed by atoms with Gasteiger partial charge in [-0.3, -0.25) is 9.59 Å². The third-order valence-electron chi connectivity index (χ3n) is 5.30. The summed E-state index contributed by atoms with van der Waals surface area (Å²) in [5, 5.41) is 2.91. The number of nitrogens with zero attached hydrogens (tertiary/aromatic N) is 3. The Morgan fingerprint density at radius 3 is 2.56 bits per heavy atom. The molecule has 4 rings (SSSR count). The summed E-state index contributed by atoms with van der Waals surface area (Å²) in [6.07, 6.45) is 6.20. The van der Waals surface area contributed by atoms with Crippen molar-refractivity contribution >= 4 is 29.0 Å². The third kappa shape index (κ3) is 3.65. The number of carbonyl (C=O) groups excluding carboxylic acids is 2. The van der Waals surface area contributed by atoms with Gasteiger partial charge < -0.3 is 15.1 Å². The summed E-state index contributed by atoms with van der Waals surface area (Å²) in [5.41, 5.74) is 3.23. The van der Waals surface area contributed by atoms with Crippen LogP contribution in [0.25, 0.3) is 0 Å². The van der Waals surface area contributed by atoms with Crippen LogP contribution in [-0.4, -0.2) is 36.4 Å². The van der Waals surface area contributed by atoms with Gasteiger partial charge in [0, 0.05) is 37.8 Å². The molecule has 1 aromatic heterocycles. The number of hydrogen-bond donors (Lipinski definition) is 1.